The minimum Gasteiger partial charge on any atom is -0.377 e. The van der Waals surface area contributed by atoms with Crippen molar-refractivity contribution in [1.29, 1.82) is 0 Å². The Bertz CT molecular complexity index is 331. The predicted octanol–water partition coefficient (Wildman–Crippen LogP) is 4.06. The fraction of sp³-hybridized carbons (Fsp3) is 0.625. The highest BCUT2D eigenvalue weighted by Crippen LogP contribution is 2.18. The van der Waals surface area contributed by atoms with Crippen LogP contribution >= 0.6 is 0 Å². The van der Waals surface area contributed by atoms with E-state index in [0.717, 1.165) is 12.5 Å². The van der Waals surface area contributed by atoms with Gasteiger partial charge >= 0.3 is 8.80 Å². The van der Waals surface area contributed by atoms with E-state index in [-0.39, 0.29) is 0 Å². The molecular formula is C16H28O3Si. The predicted molar refractivity (Wildman–Crippen MR) is 84.8 cm³/mol. The van der Waals surface area contributed by atoms with Crippen molar-refractivity contribution in [2.45, 2.75) is 44.6 Å². The lowest BCUT2D eigenvalue weighted by molar-refractivity contribution is 0.122. The highest BCUT2D eigenvalue weighted by molar-refractivity contribution is 6.60. The SMILES string of the molecule is CO[Si](CCCCCCCc1ccccc1)(OC)OC. The molecule has 0 fully saturated rings. The molecule has 0 aliphatic heterocycles. The molecule has 4 heteroatoms. The lowest BCUT2D eigenvalue weighted by Crippen LogP contribution is -2.42. The minimum atomic E-state index is -2.34. The van der Waals surface area contributed by atoms with Crippen LogP contribution in [0.1, 0.15) is 37.7 Å². The first kappa shape index (κ1) is 17.4. The van der Waals surface area contributed by atoms with Gasteiger partial charge in [0.1, 0.15) is 0 Å². The van der Waals surface area contributed by atoms with Crippen LogP contribution in [0.15, 0.2) is 30.3 Å². The Hall–Kier alpha value is -0.683. The molecule has 114 valence electrons. The summed E-state index contributed by atoms with van der Waals surface area (Å²) in [5.74, 6) is 0. The molecule has 0 N–H and O–H groups in total. The van der Waals surface area contributed by atoms with E-state index in [1.54, 1.807) is 21.3 Å². The van der Waals surface area contributed by atoms with Crippen LogP contribution in [0.4, 0.5) is 0 Å². The van der Waals surface area contributed by atoms with E-state index in [1.165, 1.54) is 37.7 Å². The largest absolute Gasteiger partial charge is 0.500 e. The standard InChI is InChI=1S/C16H28O3Si/c1-17-20(18-2,19-3)15-11-6-4-5-8-12-16-13-9-7-10-14-16/h7,9-10,13-14H,4-6,8,11-12,15H2,1-3H3. The average molecular weight is 296 g/mol. The summed E-state index contributed by atoms with van der Waals surface area (Å²) in [6.45, 7) is 0. The van der Waals surface area contributed by atoms with Crippen molar-refractivity contribution in [3.63, 3.8) is 0 Å². The van der Waals surface area contributed by atoms with Crippen LogP contribution < -0.4 is 0 Å². The van der Waals surface area contributed by atoms with Gasteiger partial charge in [-0.1, -0.05) is 49.6 Å². The second-order valence-corrected chi connectivity index (χ2v) is 8.14. The van der Waals surface area contributed by atoms with Crippen molar-refractivity contribution in [2.75, 3.05) is 21.3 Å². The lowest BCUT2D eigenvalue weighted by atomic mass is 10.1. The number of rotatable bonds is 11. The van der Waals surface area contributed by atoms with Crippen LogP contribution in [0.3, 0.4) is 0 Å². The van der Waals surface area contributed by atoms with Crippen molar-refractivity contribution >= 4 is 8.80 Å². The van der Waals surface area contributed by atoms with Crippen molar-refractivity contribution in [1.82, 2.24) is 0 Å². The van der Waals surface area contributed by atoms with Crippen molar-refractivity contribution in [3.05, 3.63) is 35.9 Å². The molecule has 0 bridgehead atoms. The van der Waals surface area contributed by atoms with Crippen LogP contribution in [0, 0.1) is 0 Å². The Kier molecular flexibility index (Phi) is 8.77. The van der Waals surface area contributed by atoms with Gasteiger partial charge in [0.2, 0.25) is 0 Å². The Balaban J connectivity index is 2.05. The lowest BCUT2D eigenvalue weighted by Gasteiger charge is -2.24. The average Bonchev–Trinajstić information content (AvgIpc) is 2.52. The van der Waals surface area contributed by atoms with Crippen molar-refractivity contribution in [3.8, 4) is 0 Å². The highest BCUT2D eigenvalue weighted by Gasteiger charge is 2.36. The first-order valence-corrected chi connectivity index (χ1v) is 9.39. The number of unbranched alkanes of at least 4 members (excludes halogenated alkanes) is 4. The maximum atomic E-state index is 5.42. The normalized spacial score (nSPS) is 11.8. The zero-order valence-electron chi connectivity index (χ0n) is 13.1. The minimum absolute atomic E-state index is 0.912. The van der Waals surface area contributed by atoms with Crippen molar-refractivity contribution in [2.24, 2.45) is 0 Å². The highest BCUT2D eigenvalue weighted by atomic mass is 28.4. The Morgan fingerprint density at radius 1 is 0.750 bits per heavy atom. The first-order valence-electron chi connectivity index (χ1n) is 7.45. The van der Waals surface area contributed by atoms with E-state index in [4.69, 9.17) is 13.3 Å². The summed E-state index contributed by atoms with van der Waals surface area (Å²) in [5, 5.41) is 0. The van der Waals surface area contributed by atoms with Gasteiger partial charge in [0.25, 0.3) is 0 Å². The molecule has 0 amide bonds. The van der Waals surface area contributed by atoms with Gasteiger partial charge in [-0.2, -0.15) is 0 Å². The molecule has 0 heterocycles. The third-order valence-corrected chi connectivity index (χ3v) is 6.56. The second-order valence-electron chi connectivity index (χ2n) is 5.05. The van der Waals surface area contributed by atoms with E-state index in [9.17, 15) is 0 Å². The maximum absolute atomic E-state index is 5.42. The molecule has 0 saturated heterocycles. The molecule has 0 aliphatic carbocycles. The fourth-order valence-electron chi connectivity index (χ4n) is 2.40. The van der Waals surface area contributed by atoms with Gasteiger partial charge in [0.05, 0.1) is 0 Å². The molecule has 1 aromatic rings. The summed E-state index contributed by atoms with van der Waals surface area (Å²) in [6.07, 6.45) is 7.36. The molecule has 0 atom stereocenters. The monoisotopic (exact) mass is 296 g/mol. The quantitative estimate of drug-likeness (QED) is 0.455. The number of benzene rings is 1. The zero-order valence-corrected chi connectivity index (χ0v) is 14.1. The van der Waals surface area contributed by atoms with Gasteiger partial charge in [0.15, 0.2) is 0 Å². The molecular weight excluding hydrogens is 268 g/mol. The number of aryl methyl sites for hydroxylation is 1. The van der Waals surface area contributed by atoms with E-state index in [2.05, 4.69) is 30.3 Å². The van der Waals surface area contributed by atoms with Crippen molar-refractivity contribution < 1.29 is 13.3 Å². The Morgan fingerprint density at radius 2 is 1.30 bits per heavy atom. The third-order valence-electron chi connectivity index (χ3n) is 3.72. The molecule has 0 aromatic heterocycles. The van der Waals surface area contributed by atoms with E-state index in [1.807, 2.05) is 0 Å². The molecule has 0 radical (unpaired) electrons. The molecule has 0 saturated carbocycles. The van der Waals surface area contributed by atoms with Gasteiger partial charge in [-0.05, 0) is 24.8 Å². The summed E-state index contributed by atoms with van der Waals surface area (Å²) in [5.41, 5.74) is 1.44. The summed E-state index contributed by atoms with van der Waals surface area (Å²) in [6, 6.07) is 11.6. The molecule has 0 aliphatic rings. The summed E-state index contributed by atoms with van der Waals surface area (Å²) in [4.78, 5) is 0. The molecule has 1 aromatic carbocycles. The second kappa shape index (κ2) is 10.1. The van der Waals surface area contributed by atoms with Gasteiger partial charge in [-0.3, -0.25) is 0 Å². The maximum Gasteiger partial charge on any atom is 0.500 e. The smallest absolute Gasteiger partial charge is 0.377 e. The van der Waals surface area contributed by atoms with Crippen LogP contribution in [-0.2, 0) is 19.7 Å². The molecule has 20 heavy (non-hydrogen) atoms. The number of hydrogen-bond acceptors (Lipinski definition) is 3. The van der Waals surface area contributed by atoms with E-state index < -0.39 is 8.80 Å². The summed E-state index contributed by atoms with van der Waals surface area (Å²) in [7, 11) is 2.70. The molecule has 3 nitrogen and oxygen atoms in total. The number of hydrogen-bond donors (Lipinski definition) is 0. The zero-order chi connectivity index (χ0) is 14.7. The third kappa shape index (κ3) is 6.18. The van der Waals surface area contributed by atoms with Crippen LogP contribution in [0.25, 0.3) is 0 Å². The van der Waals surface area contributed by atoms with Crippen LogP contribution in [0.2, 0.25) is 6.04 Å². The molecule has 0 spiro atoms. The summed E-state index contributed by atoms with van der Waals surface area (Å²) >= 11 is 0. The van der Waals surface area contributed by atoms with E-state index in [0.29, 0.717) is 0 Å². The molecule has 1 rings (SSSR count). The van der Waals surface area contributed by atoms with Crippen LogP contribution in [-0.4, -0.2) is 30.1 Å². The van der Waals surface area contributed by atoms with Gasteiger partial charge in [0, 0.05) is 27.4 Å². The molecule has 0 unspecified atom stereocenters. The summed E-state index contributed by atoms with van der Waals surface area (Å²) < 4.78 is 16.2. The Labute approximate surface area is 124 Å². The fourth-order valence-corrected chi connectivity index (χ4v) is 4.20. The van der Waals surface area contributed by atoms with Gasteiger partial charge in [-0.25, -0.2) is 0 Å². The van der Waals surface area contributed by atoms with Gasteiger partial charge < -0.3 is 13.3 Å². The first-order chi connectivity index (χ1) is 9.76. The topological polar surface area (TPSA) is 27.7 Å². The van der Waals surface area contributed by atoms with Gasteiger partial charge in [-0.15, -0.1) is 0 Å². The Morgan fingerprint density at radius 3 is 1.90 bits per heavy atom. The van der Waals surface area contributed by atoms with Crippen LogP contribution in [0.5, 0.6) is 0 Å². The van der Waals surface area contributed by atoms with E-state index >= 15 is 0 Å².